The molecule has 1 heterocycles. The Balaban J connectivity index is 2.06. The Kier molecular flexibility index (Phi) is 7.59. The lowest BCUT2D eigenvalue weighted by Crippen LogP contribution is -2.30. The lowest BCUT2D eigenvalue weighted by molar-refractivity contribution is -0.132. The second-order valence-corrected chi connectivity index (χ2v) is 9.46. The number of ether oxygens (including phenoxy) is 3. The molecule has 4 rings (SSSR count). The minimum Gasteiger partial charge on any atom is -0.507 e. The topological polar surface area (TPSA) is 85.3 Å². The van der Waals surface area contributed by atoms with E-state index in [-0.39, 0.29) is 26.9 Å². The van der Waals surface area contributed by atoms with Crippen LogP contribution in [0.1, 0.15) is 22.7 Å². The van der Waals surface area contributed by atoms with Crippen molar-refractivity contribution >= 4 is 57.9 Å². The number of benzene rings is 3. The number of ketones is 1. The van der Waals surface area contributed by atoms with Crippen molar-refractivity contribution in [3.63, 3.8) is 0 Å². The molecular formula is C27H22Cl3NO6. The second-order valence-electron chi connectivity index (χ2n) is 8.18. The van der Waals surface area contributed by atoms with E-state index in [1.807, 2.05) is 0 Å². The van der Waals surface area contributed by atoms with Crippen molar-refractivity contribution in [1.82, 2.24) is 0 Å². The van der Waals surface area contributed by atoms with Crippen LogP contribution in [0.4, 0.5) is 5.69 Å². The van der Waals surface area contributed by atoms with E-state index < -0.39 is 23.5 Å². The van der Waals surface area contributed by atoms with Crippen molar-refractivity contribution in [3.05, 3.63) is 85.9 Å². The van der Waals surface area contributed by atoms with Crippen molar-refractivity contribution in [1.29, 1.82) is 0 Å². The van der Waals surface area contributed by atoms with Gasteiger partial charge in [0.15, 0.2) is 11.5 Å². The van der Waals surface area contributed by atoms with Gasteiger partial charge in [0, 0.05) is 15.7 Å². The molecule has 1 amide bonds. The predicted octanol–water partition coefficient (Wildman–Crippen LogP) is 6.61. The van der Waals surface area contributed by atoms with Crippen molar-refractivity contribution in [2.24, 2.45) is 0 Å². The maximum absolute atomic E-state index is 13.5. The van der Waals surface area contributed by atoms with Crippen LogP contribution in [-0.2, 0) is 9.59 Å². The first kappa shape index (κ1) is 26.7. The third-order valence-electron chi connectivity index (χ3n) is 6.07. The molecule has 0 saturated carbocycles. The summed E-state index contributed by atoms with van der Waals surface area (Å²) in [6, 6.07) is 11.8. The average molecular weight is 563 g/mol. The van der Waals surface area contributed by atoms with Crippen LogP contribution < -0.4 is 19.1 Å². The lowest BCUT2D eigenvalue weighted by atomic mass is 9.94. The number of anilines is 1. The Hall–Kier alpha value is -3.39. The molecule has 1 aliphatic heterocycles. The molecular weight excluding hydrogens is 541 g/mol. The highest BCUT2D eigenvalue weighted by Gasteiger charge is 2.48. The van der Waals surface area contributed by atoms with Crippen LogP contribution in [0, 0.1) is 6.92 Å². The molecule has 10 heteroatoms. The van der Waals surface area contributed by atoms with Gasteiger partial charge in [-0.05, 0) is 54.4 Å². The quantitative estimate of drug-likeness (QED) is 0.207. The van der Waals surface area contributed by atoms with E-state index in [1.165, 1.54) is 38.4 Å². The van der Waals surface area contributed by atoms with Gasteiger partial charge in [-0.15, -0.1) is 0 Å². The SMILES string of the molecule is COc1ccc(C2/C(=C(\O)c3cc(Cl)cc(Cl)c3OC)C(=O)C(=O)N2c2cc(Cl)ccc2C)cc1OC. The van der Waals surface area contributed by atoms with Crippen LogP contribution in [0.2, 0.25) is 15.1 Å². The molecule has 0 spiro atoms. The predicted molar refractivity (Wildman–Crippen MR) is 144 cm³/mol. The molecule has 1 saturated heterocycles. The molecule has 7 nitrogen and oxygen atoms in total. The smallest absolute Gasteiger partial charge is 0.300 e. The van der Waals surface area contributed by atoms with Gasteiger partial charge in [-0.2, -0.15) is 0 Å². The summed E-state index contributed by atoms with van der Waals surface area (Å²) in [5, 5.41) is 12.2. The van der Waals surface area contributed by atoms with Gasteiger partial charge >= 0.3 is 0 Å². The van der Waals surface area contributed by atoms with Gasteiger partial charge < -0.3 is 19.3 Å². The number of carbonyl (C=O) groups is 2. The molecule has 1 aliphatic rings. The van der Waals surface area contributed by atoms with Crippen molar-refractivity contribution in [2.45, 2.75) is 13.0 Å². The first-order valence-corrected chi connectivity index (χ1v) is 12.1. The Morgan fingerprint density at radius 1 is 0.865 bits per heavy atom. The molecule has 0 bridgehead atoms. The maximum Gasteiger partial charge on any atom is 0.300 e. The average Bonchev–Trinajstić information content (AvgIpc) is 3.14. The summed E-state index contributed by atoms with van der Waals surface area (Å²) in [6.07, 6.45) is 0. The molecule has 3 aromatic carbocycles. The minimum atomic E-state index is -1.06. The Bertz CT molecular complexity index is 1450. The normalized spacial score (nSPS) is 16.7. The highest BCUT2D eigenvalue weighted by Crippen LogP contribution is 2.47. The molecule has 1 N–H and O–H groups in total. The summed E-state index contributed by atoms with van der Waals surface area (Å²) in [4.78, 5) is 28.3. The van der Waals surface area contributed by atoms with Crippen molar-refractivity contribution in [2.75, 3.05) is 26.2 Å². The number of hydrogen-bond donors (Lipinski definition) is 1. The number of halogens is 3. The van der Waals surface area contributed by atoms with Gasteiger partial charge in [0.2, 0.25) is 0 Å². The fourth-order valence-electron chi connectivity index (χ4n) is 4.35. The number of aryl methyl sites for hydroxylation is 1. The zero-order valence-electron chi connectivity index (χ0n) is 20.3. The van der Waals surface area contributed by atoms with E-state index >= 15 is 0 Å². The number of carbonyl (C=O) groups excluding carboxylic acids is 2. The molecule has 0 aromatic heterocycles. The maximum atomic E-state index is 13.5. The van der Waals surface area contributed by atoms with Crippen LogP contribution in [0.5, 0.6) is 17.2 Å². The van der Waals surface area contributed by atoms with Crippen LogP contribution in [0.25, 0.3) is 5.76 Å². The van der Waals surface area contributed by atoms with Gasteiger partial charge in [0.25, 0.3) is 11.7 Å². The summed E-state index contributed by atoms with van der Waals surface area (Å²) < 4.78 is 16.2. The van der Waals surface area contributed by atoms with Crippen LogP contribution in [-0.4, -0.2) is 38.1 Å². The largest absolute Gasteiger partial charge is 0.507 e. The summed E-state index contributed by atoms with van der Waals surface area (Å²) in [7, 11) is 4.33. The van der Waals surface area contributed by atoms with Gasteiger partial charge in [-0.1, -0.05) is 46.9 Å². The lowest BCUT2D eigenvalue weighted by Gasteiger charge is -2.27. The molecule has 1 atom stereocenters. The van der Waals surface area contributed by atoms with E-state index in [9.17, 15) is 14.7 Å². The summed E-state index contributed by atoms with van der Waals surface area (Å²) in [6.45, 7) is 1.79. The van der Waals surface area contributed by atoms with Gasteiger partial charge in [0.1, 0.15) is 11.5 Å². The van der Waals surface area contributed by atoms with Gasteiger partial charge in [0.05, 0.1) is 43.5 Å². The van der Waals surface area contributed by atoms with E-state index in [2.05, 4.69) is 0 Å². The number of aliphatic hydroxyl groups is 1. The molecule has 0 radical (unpaired) electrons. The van der Waals surface area contributed by atoms with E-state index in [4.69, 9.17) is 49.0 Å². The summed E-state index contributed by atoms with van der Waals surface area (Å²) in [5.41, 5.74) is 1.45. The fraction of sp³-hybridized carbons (Fsp3) is 0.185. The Morgan fingerprint density at radius 2 is 1.57 bits per heavy atom. The number of methoxy groups -OCH3 is 3. The van der Waals surface area contributed by atoms with Gasteiger partial charge in [-0.3, -0.25) is 14.5 Å². The molecule has 1 fully saturated rings. The van der Waals surface area contributed by atoms with Crippen LogP contribution >= 0.6 is 34.8 Å². The van der Waals surface area contributed by atoms with Crippen molar-refractivity contribution in [3.8, 4) is 17.2 Å². The number of hydrogen-bond acceptors (Lipinski definition) is 6. The molecule has 192 valence electrons. The fourth-order valence-corrected chi connectivity index (χ4v) is 5.09. The summed E-state index contributed by atoms with van der Waals surface area (Å²) >= 11 is 18.8. The summed E-state index contributed by atoms with van der Waals surface area (Å²) in [5.74, 6) is -1.34. The minimum absolute atomic E-state index is 0.0614. The van der Waals surface area contributed by atoms with Gasteiger partial charge in [-0.25, -0.2) is 0 Å². The van der Waals surface area contributed by atoms with E-state index in [0.717, 1.165) is 0 Å². The third-order valence-corrected chi connectivity index (χ3v) is 6.80. The third kappa shape index (κ3) is 4.70. The molecule has 37 heavy (non-hydrogen) atoms. The standard InChI is InChI=1S/C27H22Cl3NO6/c1-13-5-7-15(28)12-19(13)31-23(14-6-8-20(35-2)21(9-14)36-3)22(25(33)27(31)34)24(32)17-10-16(29)11-18(30)26(17)37-4/h5-12,23,32H,1-4H3/b24-22+. The first-order chi connectivity index (χ1) is 17.6. The van der Waals surface area contributed by atoms with E-state index in [0.29, 0.717) is 33.3 Å². The highest BCUT2D eigenvalue weighted by molar-refractivity contribution is 6.52. The van der Waals surface area contributed by atoms with E-state index in [1.54, 1.807) is 43.3 Å². The Morgan fingerprint density at radius 3 is 2.22 bits per heavy atom. The number of nitrogens with zero attached hydrogens (tertiary/aromatic N) is 1. The number of aliphatic hydroxyl groups excluding tert-OH is 1. The monoisotopic (exact) mass is 561 g/mol. The number of amides is 1. The molecule has 1 unspecified atom stereocenters. The number of Topliss-reactive ketones (excluding diaryl/α,β-unsaturated/α-hetero) is 1. The zero-order chi connectivity index (χ0) is 27.0. The van der Waals surface area contributed by atoms with Crippen LogP contribution in [0.15, 0.2) is 54.1 Å². The highest BCUT2D eigenvalue weighted by atomic mass is 35.5. The zero-order valence-corrected chi connectivity index (χ0v) is 22.5. The molecule has 3 aromatic rings. The first-order valence-electron chi connectivity index (χ1n) is 10.9. The van der Waals surface area contributed by atoms with Crippen LogP contribution in [0.3, 0.4) is 0 Å². The number of rotatable bonds is 6. The Labute approximate surface area is 228 Å². The second kappa shape index (κ2) is 10.5. The molecule has 0 aliphatic carbocycles. The van der Waals surface area contributed by atoms with Crippen molar-refractivity contribution < 1.29 is 28.9 Å².